The van der Waals surface area contributed by atoms with Gasteiger partial charge >= 0.3 is 0 Å². The molecule has 1 aromatic heterocycles. The number of amidine groups is 1. The zero-order valence-corrected chi connectivity index (χ0v) is 10.4. The number of aromatic nitrogens is 1. The molecule has 0 aliphatic carbocycles. The van der Waals surface area contributed by atoms with Crippen LogP contribution in [0.4, 0.5) is 0 Å². The van der Waals surface area contributed by atoms with Gasteiger partial charge < -0.3 is 5.32 Å². The first-order valence-corrected chi connectivity index (χ1v) is 6.72. The molecule has 0 bridgehead atoms. The average molecular weight is 235 g/mol. The molecule has 0 saturated heterocycles. The van der Waals surface area contributed by atoms with Crippen LogP contribution in [-0.4, -0.2) is 22.4 Å². The van der Waals surface area contributed by atoms with Gasteiger partial charge in [-0.05, 0) is 24.5 Å². The van der Waals surface area contributed by atoms with E-state index in [1.165, 1.54) is 17.7 Å². The van der Waals surface area contributed by atoms with E-state index in [2.05, 4.69) is 28.3 Å². The van der Waals surface area contributed by atoms with E-state index in [4.69, 9.17) is 0 Å². The number of hydrogen-bond acceptors (Lipinski definition) is 4. The first-order valence-electron chi connectivity index (χ1n) is 5.74. The van der Waals surface area contributed by atoms with Crippen LogP contribution in [0.2, 0.25) is 0 Å². The van der Waals surface area contributed by atoms with Crippen LogP contribution in [0.5, 0.6) is 0 Å². The minimum absolute atomic E-state index is 0.788. The van der Waals surface area contributed by atoms with Gasteiger partial charge in [-0.25, -0.2) is 0 Å². The van der Waals surface area contributed by atoms with Crippen LogP contribution in [0.25, 0.3) is 0 Å². The molecule has 1 aliphatic heterocycles. The monoisotopic (exact) mass is 235 g/mol. The van der Waals surface area contributed by atoms with Gasteiger partial charge in [0.1, 0.15) is 0 Å². The van der Waals surface area contributed by atoms with E-state index < -0.39 is 0 Å². The summed E-state index contributed by atoms with van der Waals surface area (Å²) in [5, 5.41) is 4.43. The van der Waals surface area contributed by atoms with Gasteiger partial charge in [-0.3, -0.25) is 9.98 Å². The summed E-state index contributed by atoms with van der Waals surface area (Å²) in [7, 11) is 0. The van der Waals surface area contributed by atoms with E-state index in [9.17, 15) is 0 Å². The largest absolute Gasteiger partial charge is 0.359 e. The molecule has 0 atom stereocenters. The lowest BCUT2D eigenvalue weighted by Crippen LogP contribution is -2.24. The Morgan fingerprint density at radius 2 is 2.44 bits per heavy atom. The summed E-state index contributed by atoms with van der Waals surface area (Å²) in [6.07, 6.45) is 4.08. The zero-order chi connectivity index (χ0) is 11.2. The van der Waals surface area contributed by atoms with Gasteiger partial charge in [0, 0.05) is 18.5 Å². The predicted octanol–water partition coefficient (Wildman–Crippen LogP) is 2.23. The van der Waals surface area contributed by atoms with E-state index in [0.29, 0.717) is 0 Å². The van der Waals surface area contributed by atoms with Crippen molar-refractivity contribution in [3.8, 4) is 0 Å². The lowest BCUT2D eigenvalue weighted by Gasteiger charge is -2.14. The van der Waals surface area contributed by atoms with Gasteiger partial charge in [-0.15, -0.1) is 0 Å². The van der Waals surface area contributed by atoms with Crippen molar-refractivity contribution in [1.29, 1.82) is 0 Å². The van der Waals surface area contributed by atoms with Crippen LogP contribution in [0.1, 0.15) is 24.6 Å². The van der Waals surface area contributed by atoms with Gasteiger partial charge in [0.15, 0.2) is 5.17 Å². The van der Waals surface area contributed by atoms with Crippen molar-refractivity contribution in [1.82, 2.24) is 10.3 Å². The summed E-state index contributed by atoms with van der Waals surface area (Å²) < 4.78 is 0. The highest BCUT2D eigenvalue weighted by Gasteiger charge is 2.06. The number of nitrogens with one attached hydrogen (secondary N) is 1. The Morgan fingerprint density at radius 3 is 3.19 bits per heavy atom. The molecular formula is C12H17N3S. The van der Waals surface area contributed by atoms with E-state index in [-0.39, 0.29) is 0 Å². The highest BCUT2D eigenvalue weighted by Crippen LogP contribution is 2.11. The number of hydrogen-bond donors (Lipinski definition) is 1. The summed E-state index contributed by atoms with van der Waals surface area (Å²) in [6.45, 7) is 3.90. The number of rotatable bonds is 3. The Hall–Kier alpha value is -1.03. The molecule has 1 N–H and O–H groups in total. The summed E-state index contributed by atoms with van der Waals surface area (Å²) in [4.78, 5) is 8.85. The number of aryl methyl sites for hydroxylation is 1. The summed E-state index contributed by atoms with van der Waals surface area (Å²) >= 11 is 1.81. The van der Waals surface area contributed by atoms with Gasteiger partial charge in [0.05, 0.1) is 12.2 Å². The fourth-order valence-electron chi connectivity index (χ4n) is 1.68. The minimum atomic E-state index is 0.788. The lowest BCUT2D eigenvalue weighted by atomic mass is 10.1. The summed E-state index contributed by atoms with van der Waals surface area (Å²) in [5.41, 5.74) is 2.45. The number of pyridine rings is 1. The molecule has 0 amide bonds. The highest BCUT2D eigenvalue weighted by molar-refractivity contribution is 8.13. The Labute approximate surface area is 101 Å². The molecule has 2 heterocycles. The zero-order valence-electron chi connectivity index (χ0n) is 9.57. The fourth-order valence-corrected chi connectivity index (χ4v) is 2.50. The molecule has 1 aliphatic rings. The van der Waals surface area contributed by atoms with Crippen LogP contribution in [0, 0.1) is 0 Å². The molecule has 86 valence electrons. The van der Waals surface area contributed by atoms with Crippen molar-refractivity contribution in [3.05, 3.63) is 29.6 Å². The van der Waals surface area contributed by atoms with Gasteiger partial charge in [0.25, 0.3) is 0 Å². The van der Waals surface area contributed by atoms with Crippen LogP contribution in [0.15, 0.2) is 23.3 Å². The van der Waals surface area contributed by atoms with Crippen LogP contribution in [0.3, 0.4) is 0 Å². The smallest absolute Gasteiger partial charge is 0.156 e. The second-order valence-corrected chi connectivity index (χ2v) is 4.79. The fraction of sp³-hybridized carbons (Fsp3) is 0.500. The van der Waals surface area contributed by atoms with Crippen LogP contribution < -0.4 is 5.32 Å². The summed E-state index contributed by atoms with van der Waals surface area (Å²) in [6, 6.07) is 4.13. The van der Waals surface area contributed by atoms with E-state index in [1.54, 1.807) is 0 Å². The van der Waals surface area contributed by atoms with Crippen molar-refractivity contribution < 1.29 is 0 Å². The van der Waals surface area contributed by atoms with Crippen molar-refractivity contribution in [2.45, 2.75) is 26.3 Å². The Morgan fingerprint density at radius 1 is 1.50 bits per heavy atom. The molecule has 0 spiro atoms. The molecule has 0 fully saturated rings. The maximum absolute atomic E-state index is 4.44. The third-order valence-corrected chi connectivity index (χ3v) is 3.61. The van der Waals surface area contributed by atoms with Crippen molar-refractivity contribution in [3.63, 3.8) is 0 Å². The lowest BCUT2D eigenvalue weighted by molar-refractivity contribution is 0.839. The number of nitrogens with zero attached hydrogens (tertiary/aromatic N) is 2. The number of aliphatic imine (C=N–C) groups is 1. The molecule has 16 heavy (non-hydrogen) atoms. The molecule has 0 unspecified atom stereocenters. The normalized spacial score (nSPS) is 15.7. The molecular weight excluding hydrogens is 218 g/mol. The van der Waals surface area contributed by atoms with E-state index in [1.807, 2.05) is 24.0 Å². The molecule has 2 rings (SSSR count). The third kappa shape index (κ3) is 2.98. The van der Waals surface area contributed by atoms with Gasteiger partial charge in [0.2, 0.25) is 0 Å². The van der Waals surface area contributed by atoms with Crippen LogP contribution >= 0.6 is 11.8 Å². The molecule has 0 radical (unpaired) electrons. The maximum Gasteiger partial charge on any atom is 0.156 e. The standard InChI is InChI=1S/C12H17N3S/c1-2-10-5-3-6-13-11(10)9-15-12-14-7-4-8-16-12/h3,5-6H,2,4,7-9H2,1H3,(H,14,15). The van der Waals surface area contributed by atoms with E-state index >= 15 is 0 Å². The predicted molar refractivity (Wildman–Crippen MR) is 69.8 cm³/mol. The summed E-state index contributed by atoms with van der Waals surface area (Å²) in [5.74, 6) is 1.18. The Kier molecular flexibility index (Phi) is 4.22. The first-order chi connectivity index (χ1) is 7.90. The number of thioether (sulfide) groups is 1. The van der Waals surface area contributed by atoms with Gasteiger partial charge in [-0.2, -0.15) is 0 Å². The average Bonchev–Trinajstić information content (AvgIpc) is 2.38. The molecule has 1 aromatic rings. The molecule has 4 heteroatoms. The molecule has 0 saturated carbocycles. The van der Waals surface area contributed by atoms with E-state index in [0.717, 1.165) is 30.4 Å². The first kappa shape index (κ1) is 11.5. The third-order valence-electron chi connectivity index (χ3n) is 2.57. The maximum atomic E-state index is 4.44. The minimum Gasteiger partial charge on any atom is -0.359 e. The van der Waals surface area contributed by atoms with Crippen molar-refractivity contribution >= 4 is 16.9 Å². The SMILES string of the molecule is CCc1cccnc1CNC1=NCCCS1. The van der Waals surface area contributed by atoms with Gasteiger partial charge in [-0.1, -0.05) is 24.8 Å². The van der Waals surface area contributed by atoms with Crippen molar-refractivity contribution in [2.75, 3.05) is 12.3 Å². The second kappa shape index (κ2) is 5.89. The molecule has 3 nitrogen and oxygen atoms in total. The van der Waals surface area contributed by atoms with Crippen molar-refractivity contribution in [2.24, 2.45) is 4.99 Å². The quantitative estimate of drug-likeness (QED) is 0.873. The Balaban J connectivity index is 1.96. The topological polar surface area (TPSA) is 37.3 Å². The highest BCUT2D eigenvalue weighted by atomic mass is 32.2. The van der Waals surface area contributed by atoms with Crippen LogP contribution in [-0.2, 0) is 13.0 Å². The Bertz CT molecular complexity index is 376. The second-order valence-electron chi connectivity index (χ2n) is 3.71. The molecule has 0 aromatic carbocycles.